The smallest absolute Gasteiger partial charge is 0.339 e. The van der Waals surface area contributed by atoms with Gasteiger partial charge in [0.25, 0.3) is 0 Å². The molecule has 1 N–H and O–H groups in total. The molecule has 0 aliphatic heterocycles. The molecule has 0 heterocycles. The first kappa shape index (κ1) is 15.9. The highest BCUT2D eigenvalue weighted by molar-refractivity contribution is 9.10. The summed E-state index contributed by atoms with van der Waals surface area (Å²) in [4.78, 5) is 11.2. The Kier molecular flexibility index (Phi) is 5.25. The van der Waals surface area contributed by atoms with Crippen molar-refractivity contribution in [1.82, 2.24) is 0 Å². The number of para-hydroxylation sites is 1. The van der Waals surface area contributed by atoms with Crippen LogP contribution in [0.25, 0.3) is 0 Å². The van der Waals surface area contributed by atoms with Crippen LogP contribution in [0.4, 0.5) is 0 Å². The van der Waals surface area contributed by atoms with Gasteiger partial charge in [0.05, 0.1) is 16.1 Å². The molecule has 21 heavy (non-hydrogen) atoms. The Morgan fingerprint density at radius 2 is 1.95 bits per heavy atom. The number of carboxylic acids is 1. The van der Waals surface area contributed by atoms with Crippen LogP contribution in [0.15, 0.2) is 45.3 Å². The van der Waals surface area contributed by atoms with Crippen LogP contribution in [-0.4, -0.2) is 18.2 Å². The van der Waals surface area contributed by atoms with Gasteiger partial charge in [-0.2, -0.15) is 0 Å². The van der Waals surface area contributed by atoms with Crippen molar-refractivity contribution < 1.29 is 19.4 Å². The monoisotopic (exact) mass is 414 g/mol. The molecule has 6 heteroatoms. The number of carbonyl (C=O) groups is 1. The summed E-state index contributed by atoms with van der Waals surface area (Å²) in [7, 11) is 1.59. The van der Waals surface area contributed by atoms with Gasteiger partial charge in [-0.05, 0) is 61.7 Å². The lowest BCUT2D eigenvalue weighted by molar-refractivity contribution is 0.0691. The molecule has 0 amide bonds. The lowest BCUT2D eigenvalue weighted by atomic mass is 10.2. The third kappa shape index (κ3) is 3.77. The molecule has 0 aromatic heterocycles. The Morgan fingerprint density at radius 1 is 1.19 bits per heavy atom. The molecule has 0 aliphatic rings. The standard InChI is InChI=1S/C15H12Br2O4/c1-20-13-6-5-9(7-12(13)17)8-21-14-10(15(18)19)3-2-4-11(14)16/h2-7H,8H2,1H3,(H,18,19). The Balaban J connectivity index is 2.20. The molecule has 4 nitrogen and oxygen atoms in total. The SMILES string of the molecule is COc1ccc(COc2c(Br)cccc2C(=O)O)cc1Br. The largest absolute Gasteiger partial charge is 0.496 e. The highest BCUT2D eigenvalue weighted by atomic mass is 79.9. The van der Waals surface area contributed by atoms with E-state index in [1.807, 2.05) is 18.2 Å². The molecule has 0 atom stereocenters. The zero-order valence-electron chi connectivity index (χ0n) is 11.1. The first-order valence-electron chi connectivity index (χ1n) is 6.00. The minimum atomic E-state index is -1.03. The van der Waals surface area contributed by atoms with E-state index in [4.69, 9.17) is 9.47 Å². The predicted molar refractivity (Wildman–Crippen MR) is 86.1 cm³/mol. The van der Waals surface area contributed by atoms with Crippen LogP contribution in [0.1, 0.15) is 15.9 Å². The molecule has 0 radical (unpaired) electrons. The van der Waals surface area contributed by atoms with Crippen LogP contribution in [0, 0.1) is 0 Å². The van der Waals surface area contributed by atoms with Gasteiger partial charge in [0.2, 0.25) is 0 Å². The minimum absolute atomic E-state index is 0.122. The number of aromatic carboxylic acids is 1. The summed E-state index contributed by atoms with van der Waals surface area (Å²) in [6.45, 7) is 0.255. The predicted octanol–water partition coefficient (Wildman–Crippen LogP) is 4.50. The second kappa shape index (κ2) is 6.95. The van der Waals surface area contributed by atoms with E-state index in [2.05, 4.69) is 31.9 Å². The number of carboxylic acid groups (broad SMARTS) is 1. The molecule has 2 aromatic rings. The van der Waals surface area contributed by atoms with Crippen LogP contribution in [-0.2, 0) is 6.61 Å². The van der Waals surface area contributed by atoms with E-state index in [9.17, 15) is 9.90 Å². The van der Waals surface area contributed by atoms with Gasteiger partial charge < -0.3 is 14.6 Å². The van der Waals surface area contributed by atoms with E-state index in [0.717, 1.165) is 15.8 Å². The Hall–Kier alpha value is -1.53. The zero-order chi connectivity index (χ0) is 15.4. The highest BCUT2D eigenvalue weighted by Gasteiger charge is 2.14. The van der Waals surface area contributed by atoms with Crippen molar-refractivity contribution in [3.63, 3.8) is 0 Å². The topological polar surface area (TPSA) is 55.8 Å². The van der Waals surface area contributed by atoms with Crippen LogP contribution in [0.5, 0.6) is 11.5 Å². The molecule has 0 unspecified atom stereocenters. The number of halogens is 2. The van der Waals surface area contributed by atoms with E-state index in [1.165, 1.54) is 6.07 Å². The molecular weight excluding hydrogens is 404 g/mol. The summed E-state index contributed by atoms with van der Waals surface area (Å²) in [5.74, 6) is 0.0185. The van der Waals surface area contributed by atoms with Crippen LogP contribution in [0.2, 0.25) is 0 Å². The Morgan fingerprint density at radius 3 is 2.57 bits per heavy atom. The van der Waals surface area contributed by atoms with Gasteiger partial charge in [0, 0.05) is 0 Å². The van der Waals surface area contributed by atoms with Crippen LogP contribution in [0.3, 0.4) is 0 Å². The highest BCUT2D eigenvalue weighted by Crippen LogP contribution is 2.31. The van der Waals surface area contributed by atoms with Gasteiger partial charge >= 0.3 is 5.97 Å². The molecule has 2 rings (SSSR count). The maximum absolute atomic E-state index is 11.2. The maximum Gasteiger partial charge on any atom is 0.339 e. The maximum atomic E-state index is 11.2. The summed E-state index contributed by atoms with van der Waals surface area (Å²) in [5.41, 5.74) is 1.02. The molecule has 0 saturated heterocycles. The lowest BCUT2D eigenvalue weighted by Crippen LogP contribution is -2.04. The molecule has 0 aliphatic carbocycles. The van der Waals surface area contributed by atoms with Gasteiger partial charge in [0.15, 0.2) is 0 Å². The number of methoxy groups -OCH3 is 1. The Bertz CT molecular complexity index is 671. The van der Waals surface area contributed by atoms with Gasteiger partial charge in [-0.1, -0.05) is 12.1 Å². The fraction of sp³-hybridized carbons (Fsp3) is 0.133. The summed E-state index contributed by atoms with van der Waals surface area (Å²) >= 11 is 6.71. The number of hydrogen-bond donors (Lipinski definition) is 1. The summed E-state index contributed by atoms with van der Waals surface area (Å²) in [6.07, 6.45) is 0. The van der Waals surface area contributed by atoms with Crippen molar-refractivity contribution in [2.75, 3.05) is 7.11 Å². The van der Waals surface area contributed by atoms with E-state index in [0.29, 0.717) is 10.2 Å². The van der Waals surface area contributed by atoms with Crippen molar-refractivity contribution in [3.05, 3.63) is 56.5 Å². The van der Waals surface area contributed by atoms with Gasteiger partial charge in [0.1, 0.15) is 23.7 Å². The van der Waals surface area contributed by atoms with Crippen molar-refractivity contribution in [1.29, 1.82) is 0 Å². The van der Waals surface area contributed by atoms with Gasteiger partial charge in [-0.15, -0.1) is 0 Å². The molecule has 2 aromatic carbocycles. The third-order valence-electron chi connectivity index (χ3n) is 2.80. The van der Waals surface area contributed by atoms with Crippen molar-refractivity contribution >= 4 is 37.8 Å². The number of hydrogen-bond acceptors (Lipinski definition) is 3. The van der Waals surface area contributed by atoms with E-state index >= 15 is 0 Å². The summed E-state index contributed by atoms with van der Waals surface area (Å²) in [6, 6.07) is 10.5. The second-order valence-corrected chi connectivity index (χ2v) is 5.89. The van der Waals surface area contributed by atoms with E-state index in [-0.39, 0.29) is 12.2 Å². The zero-order valence-corrected chi connectivity index (χ0v) is 14.3. The Labute approximate surface area is 139 Å². The normalized spacial score (nSPS) is 10.2. The first-order valence-corrected chi connectivity index (χ1v) is 7.58. The number of ether oxygens (including phenoxy) is 2. The molecule has 0 fully saturated rings. The average molecular weight is 416 g/mol. The van der Waals surface area contributed by atoms with Crippen molar-refractivity contribution in [2.45, 2.75) is 6.61 Å². The summed E-state index contributed by atoms with van der Waals surface area (Å²) < 4.78 is 12.2. The van der Waals surface area contributed by atoms with Gasteiger partial charge in [-0.3, -0.25) is 0 Å². The fourth-order valence-corrected chi connectivity index (χ4v) is 2.85. The molecule has 0 saturated carbocycles. The van der Waals surface area contributed by atoms with Gasteiger partial charge in [-0.25, -0.2) is 4.79 Å². The fourth-order valence-electron chi connectivity index (χ4n) is 1.78. The van der Waals surface area contributed by atoms with E-state index in [1.54, 1.807) is 19.2 Å². The second-order valence-electron chi connectivity index (χ2n) is 4.18. The molecule has 0 bridgehead atoms. The molecule has 0 spiro atoms. The van der Waals surface area contributed by atoms with E-state index < -0.39 is 5.97 Å². The quantitative estimate of drug-likeness (QED) is 0.781. The average Bonchev–Trinajstić information content (AvgIpc) is 2.45. The molecular formula is C15H12Br2O4. The van der Waals surface area contributed by atoms with Crippen molar-refractivity contribution in [2.24, 2.45) is 0 Å². The van der Waals surface area contributed by atoms with Crippen molar-refractivity contribution in [3.8, 4) is 11.5 Å². The summed E-state index contributed by atoms with van der Waals surface area (Å²) in [5, 5.41) is 9.17. The third-order valence-corrected chi connectivity index (χ3v) is 4.04. The number of benzene rings is 2. The van der Waals surface area contributed by atoms with Crippen LogP contribution < -0.4 is 9.47 Å². The van der Waals surface area contributed by atoms with Crippen LogP contribution >= 0.6 is 31.9 Å². The lowest BCUT2D eigenvalue weighted by Gasteiger charge is -2.12. The minimum Gasteiger partial charge on any atom is -0.496 e. The number of rotatable bonds is 5. The molecule has 110 valence electrons. The first-order chi connectivity index (χ1) is 10.0.